The molecule has 0 aliphatic carbocycles. The quantitative estimate of drug-likeness (QED) is 0.530. The minimum atomic E-state index is 0.0265. The van der Waals surface area contributed by atoms with Crippen molar-refractivity contribution >= 4 is 17.7 Å². The van der Waals surface area contributed by atoms with Crippen molar-refractivity contribution in [3.8, 4) is 11.4 Å². The SMILES string of the molecule is CCn1c(SCC(=O)NC(C)CCc2ccccc2)nnc1-c1ccccc1C. The molecule has 1 heterocycles. The van der Waals surface area contributed by atoms with Crippen molar-refractivity contribution in [3.05, 3.63) is 65.7 Å². The van der Waals surface area contributed by atoms with Crippen molar-refractivity contribution in [1.29, 1.82) is 0 Å². The molecule has 0 bridgehead atoms. The topological polar surface area (TPSA) is 59.8 Å². The molecule has 2 aromatic carbocycles. The molecule has 0 saturated heterocycles. The van der Waals surface area contributed by atoms with Crippen LogP contribution < -0.4 is 5.32 Å². The fourth-order valence-corrected chi connectivity index (χ4v) is 4.06. The lowest BCUT2D eigenvalue weighted by Gasteiger charge is -2.14. The van der Waals surface area contributed by atoms with Gasteiger partial charge in [0.15, 0.2) is 11.0 Å². The van der Waals surface area contributed by atoms with E-state index in [-0.39, 0.29) is 11.9 Å². The summed E-state index contributed by atoms with van der Waals surface area (Å²) in [5.74, 6) is 1.21. The van der Waals surface area contributed by atoms with Gasteiger partial charge in [0.25, 0.3) is 0 Å². The second-order valence-corrected chi connectivity index (χ2v) is 8.09. The normalized spacial score (nSPS) is 12.0. The highest BCUT2D eigenvalue weighted by Crippen LogP contribution is 2.26. The Morgan fingerprint density at radius 2 is 1.83 bits per heavy atom. The molecule has 1 N–H and O–H groups in total. The number of thioether (sulfide) groups is 1. The molecule has 29 heavy (non-hydrogen) atoms. The van der Waals surface area contributed by atoms with Gasteiger partial charge in [-0.25, -0.2) is 0 Å². The molecular formula is C23H28N4OS. The summed E-state index contributed by atoms with van der Waals surface area (Å²) in [5.41, 5.74) is 3.53. The van der Waals surface area contributed by atoms with Gasteiger partial charge in [-0.3, -0.25) is 4.79 Å². The molecular weight excluding hydrogens is 380 g/mol. The summed E-state index contributed by atoms with van der Waals surface area (Å²) in [6, 6.07) is 18.6. The van der Waals surface area contributed by atoms with Crippen LogP contribution in [-0.2, 0) is 17.8 Å². The predicted molar refractivity (Wildman–Crippen MR) is 119 cm³/mol. The smallest absolute Gasteiger partial charge is 0.230 e. The van der Waals surface area contributed by atoms with E-state index in [1.54, 1.807) is 0 Å². The van der Waals surface area contributed by atoms with Gasteiger partial charge in [0.1, 0.15) is 0 Å². The molecule has 0 aliphatic rings. The lowest BCUT2D eigenvalue weighted by Crippen LogP contribution is -2.34. The molecule has 3 aromatic rings. The van der Waals surface area contributed by atoms with Gasteiger partial charge in [0.2, 0.25) is 5.91 Å². The van der Waals surface area contributed by atoms with Crippen molar-refractivity contribution in [1.82, 2.24) is 20.1 Å². The number of benzene rings is 2. The molecule has 152 valence electrons. The van der Waals surface area contributed by atoms with E-state index in [1.807, 2.05) is 30.3 Å². The molecule has 1 amide bonds. The van der Waals surface area contributed by atoms with Crippen LogP contribution >= 0.6 is 11.8 Å². The highest BCUT2D eigenvalue weighted by atomic mass is 32.2. The van der Waals surface area contributed by atoms with E-state index in [0.717, 1.165) is 41.5 Å². The second-order valence-electron chi connectivity index (χ2n) is 7.15. The summed E-state index contributed by atoms with van der Waals surface area (Å²) < 4.78 is 2.07. The number of aromatic nitrogens is 3. The summed E-state index contributed by atoms with van der Waals surface area (Å²) in [7, 11) is 0. The Bertz CT molecular complexity index is 939. The Hall–Kier alpha value is -2.60. The van der Waals surface area contributed by atoms with Crippen molar-refractivity contribution in [2.75, 3.05) is 5.75 Å². The van der Waals surface area contributed by atoms with E-state index in [2.05, 4.69) is 65.1 Å². The lowest BCUT2D eigenvalue weighted by atomic mass is 10.1. The molecule has 0 aliphatic heterocycles. The van der Waals surface area contributed by atoms with E-state index in [0.29, 0.717) is 5.75 Å². The number of hydrogen-bond acceptors (Lipinski definition) is 4. The van der Waals surface area contributed by atoms with Crippen molar-refractivity contribution < 1.29 is 4.79 Å². The van der Waals surface area contributed by atoms with Gasteiger partial charge < -0.3 is 9.88 Å². The van der Waals surface area contributed by atoms with E-state index >= 15 is 0 Å². The first-order chi connectivity index (χ1) is 14.1. The molecule has 3 rings (SSSR count). The average molecular weight is 409 g/mol. The first kappa shape index (κ1) is 21.1. The third-order valence-corrected chi connectivity index (χ3v) is 5.83. The van der Waals surface area contributed by atoms with E-state index in [1.165, 1.54) is 17.3 Å². The molecule has 6 heteroatoms. The number of carbonyl (C=O) groups excluding carboxylic acids is 1. The van der Waals surface area contributed by atoms with Gasteiger partial charge in [0.05, 0.1) is 5.75 Å². The first-order valence-corrected chi connectivity index (χ1v) is 11.0. The molecule has 0 fully saturated rings. The highest BCUT2D eigenvalue weighted by Gasteiger charge is 2.16. The van der Waals surface area contributed by atoms with Crippen LogP contribution in [0.1, 0.15) is 31.4 Å². The Labute approximate surface area is 176 Å². The number of rotatable bonds is 9. The number of hydrogen-bond donors (Lipinski definition) is 1. The van der Waals surface area contributed by atoms with E-state index < -0.39 is 0 Å². The molecule has 0 spiro atoms. The van der Waals surface area contributed by atoms with E-state index in [4.69, 9.17) is 0 Å². The zero-order valence-corrected chi connectivity index (χ0v) is 18.1. The molecule has 0 saturated carbocycles. The minimum Gasteiger partial charge on any atom is -0.353 e. The zero-order valence-electron chi connectivity index (χ0n) is 17.3. The third kappa shape index (κ3) is 5.70. The van der Waals surface area contributed by atoms with Crippen LogP contribution in [0.25, 0.3) is 11.4 Å². The minimum absolute atomic E-state index is 0.0265. The standard InChI is InChI=1S/C23H28N4OS/c1-4-27-22(20-13-9-8-10-17(20)2)25-26-23(27)29-16-21(28)24-18(3)14-15-19-11-6-5-7-12-19/h5-13,18H,4,14-16H2,1-3H3,(H,24,28). The van der Waals surface area contributed by atoms with Crippen LogP contribution in [0.3, 0.4) is 0 Å². The monoisotopic (exact) mass is 408 g/mol. The maximum atomic E-state index is 12.4. The van der Waals surface area contributed by atoms with Crippen molar-refractivity contribution in [3.63, 3.8) is 0 Å². The summed E-state index contributed by atoms with van der Waals surface area (Å²) in [5, 5.41) is 12.6. The maximum absolute atomic E-state index is 12.4. The second kappa shape index (κ2) is 10.3. The average Bonchev–Trinajstić information content (AvgIpc) is 3.14. The van der Waals surface area contributed by atoms with Crippen LogP contribution in [0.15, 0.2) is 59.8 Å². The molecule has 5 nitrogen and oxygen atoms in total. The Morgan fingerprint density at radius 1 is 1.10 bits per heavy atom. The molecule has 0 radical (unpaired) electrons. The first-order valence-electron chi connectivity index (χ1n) is 10.0. The number of carbonyl (C=O) groups is 1. The maximum Gasteiger partial charge on any atom is 0.230 e. The highest BCUT2D eigenvalue weighted by molar-refractivity contribution is 7.99. The number of amides is 1. The van der Waals surface area contributed by atoms with Crippen LogP contribution in [-0.4, -0.2) is 32.5 Å². The summed E-state index contributed by atoms with van der Waals surface area (Å²) in [6.45, 7) is 6.95. The predicted octanol–water partition coefficient (Wildman–Crippen LogP) is 4.50. The Morgan fingerprint density at radius 3 is 2.55 bits per heavy atom. The number of nitrogens with one attached hydrogen (secondary N) is 1. The fraction of sp³-hybridized carbons (Fsp3) is 0.348. The Balaban J connectivity index is 1.54. The number of nitrogens with zero attached hydrogens (tertiary/aromatic N) is 3. The Kier molecular flexibility index (Phi) is 7.47. The van der Waals surface area contributed by atoms with Crippen molar-refractivity contribution in [2.45, 2.75) is 51.4 Å². The van der Waals surface area contributed by atoms with Crippen LogP contribution in [0.2, 0.25) is 0 Å². The largest absolute Gasteiger partial charge is 0.353 e. The number of aryl methyl sites for hydroxylation is 2. The summed E-state index contributed by atoms with van der Waals surface area (Å²) in [4.78, 5) is 12.4. The van der Waals surface area contributed by atoms with Crippen LogP contribution in [0.5, 0.6) is 0 Å². The van der Waals surface area contributed by atoms with Gasteiger partial charge in [0, 0.05) is 18.2 Å². The van der Waals surface area contributed by atoms with Crippen LogP contribution in [0.4, 0.5) is 0 Å². The van der Waals surface area contributed by atoms with Crippen LogP contribution in [0, 0.1) is 6.92 Å². The van der Waals surface area contributed by atoms with Gasteiger partial charge in [-0.2, -0.15) is 0 Å². The van der Waals surface area contributed by atoms with Crippen molar-refractivity contribution in [2.24, 2.45) is 0 Å². The molecule has 1 unspecified atom stereocenters. The summed E-state index contributed by atoms with van der Waals surface area (Å²) in [6.07, 6.45) is 1.88. The van der Waals surface area contributed by atoms with Gasteiger partial charge >= 0.3 is 0 Å². The van der Waals surface area contributed by atoms with Gasteiger partial charge in [-0.05, 0) is 44.7 Å². The lowest BCUT2D eigenvalue weighted by molar-refractivity contribution is -0.119. The van der Waals surface area contributed by atoms with E-state index in [9.17, 15) is 4.79 Å². The van der Waals surface area contributed by atoms with Gasteiger partial charge in [-0.1, -0.05) is 66.4 Å². The third-order valence-electron chi connectivity index (χ3n) is 4.87. The van der Waals surface area contributed by atoms with Gasteiger partial charge in [-0.15, -0.1) is 10.2 Å². The zero-order chi connectivity index (χ0) is 20.6. The summed E-state index contributed by atoms with van der Waals surface area (Å²) >= 11 is 1.43. The molecule has 1 atom stereocenters. The fourth-order valence-electron chi connectivity index (χ4n) is 3.25. The molecule has 1 aromatic heterocycles.